The number of hydrogen-bond donors (Lipinski definition) is 2. The van der Waals surface area contributed by atoms with Gasteiger partial charge in [0.05, 0.1) is 25.5 Å². The van der Waals surface area contributed by atoms with Crippen LogP contribution < -0.4 is 15.4 Å². The Morgan fingerprint density at radius 2 is 1.95 bits per heavy atom. The molecular weight excluding hydrogens is 543 g/mol. The molecule has 2 aromatic heterocycles. The van der Waals surface area contributed by atoms with Crippen LogP contribution in [-0.4, -0.2) is 69.4 Å². The summed E-state index contributed by atoms with van der Waals surface area (Å²) < 4.78 is 5.76. The van der Waals surface area contributed by atoms with Gasteiger partial charge in [0.1, 0.15) is 12.1 Å². The van der Waals surface area contributed by atoms with E-state index in [1.165, 1.54) is 18.5 Å². The Kier molecular flexibility index (Phi) is 9.82. The maximum absolute atomic E-state index is 13.0. The van der Waals surface area contributed by atoms with Gasteiger partial charge in [-0.2, -0.15) is 4.98 Å². The lowest BCUT2D eigenvalue weighted by Crippen LogP contribution is -2.50. The molecule has 1 aliphatic heterocycles. The molecule has 202 valence electrons. The van der Waals surface area contributed by atoms with Crippen molar-refractivity contribution < 1.29 is 19.1 Å². The summed E-state index contributed by atoms with van der Waals surface area (Å²) >= 11 is 11.7. The van der Waals surface area contributed by atoms with E-state index in [4.69, 9.17) is 27.9 Å². The Morgan fingerprint density at radius 1 is 1.13 bits per heavy atom. The van der Waals surface area contributed by atoms with Crippen LogP contribution in [0.4, 0.5) is 0 Å². The summed E-state index contributed by atoms with van der Waals surface area (Å²) in [6, 6.07) is 11.3. The van der Waals surface area contributed by atoms with Gasteiger partial charge in [-0.1, -0.05) is 41.4 Å². The zero-order valence-corrected chi connectivity index (χ0v) is 22.3. The predicted octanol–water partition coefficient (Wildman–Crippen LogP) is 2.72. The predicted molar refractivity (Wildman–Crippen MR) is 146 cm³/mol. The Hall–Kier alpha value is -4.02. The van der Waals surface area contributed by atoms with E-state index in [0.29, 0.717) is 30.2 Å². The molecule has 4 rings (SSSR count). The lowest BCUT2D eigenvalue weighted by atomic mass is 10.1. The van der Waals surface area contributed by atoms with Gasteiger partial charge < -0.3 is 20.3 Å². The summed E-state index contributed by atoms with van der Waals surface area (Å²) in [6.07, 6.45) is 7.91. The molecule has 0 aliphatic carbocycles. The standard InChI is InChI=1S/C27H26Cl2N6O4/c28-19-7-4-18(5-8-19)6-9-24(36)33-22(13-20-3-1-2-11-31-20)27(38)32-16-26(37)35-12-10-21(17-35)39-25-15-30-14-23(29)34-25/h1-9,11,14-15,21-22H,10,12-13,16-17H2,(H,32,38)(H,33,36)/b9-6+/t21-,22+/m1/s1. The molecule has 0 unspecified atom stereocenters. The summed E-state index contributed by atoms with van der Waals surface area (Å²) in [6.45, 7) is 0.584. The molecule has 0 saturated carbocycles. The van der Waals surface area contributed by atoms with Gasteiger partial charge in [-0.3, -0.25) is 24.4 Å². The van der Waals surface area contributed by atoms with Crippen LogP contribution in [0.5, 0.6) is 5.88 Å². The van der Waals surface area contributed by atoms with E-state index in [9.17, 15) is 14.4 Å². The van der Waals surface area contributed by atoms with Crippen molar-refractivity contribution in [3.63, 3.8) is 0 Å². The highest BCUT2D eigenvalue weighted by Gasteiger charge is 2.29. The van der Waals surface area contributed by atoms with Crippen LogP contribution in [0.1, 0.15) is 17.7 Å². The quantitative estimate of drug-likeness (QED) is 0.360. The van der Waals surface area contributed by atoms with Crippen LogP contribution in [0.25, 0.3) is 6.08 Å². The van der Waals surface area contributed by atoms with E-state index < -0.39 is 17.9 Å². The second kappa shape index (κ2) is 13.7. The third-order valence-corrected chi connectivity index (χ3v) is 6.29. The van der Waals surface area contributed by atoms with E-state index in [0.717, 1.165) is 5.56 Å². The number of carbonyl (C=O) groups is 3. The zero-order valence-electron chi connectivity index (χ0n) is 20.8. The van der Waals surface area contributed by atoms with Crippen molar-refractivity contribution in [2.45, 2.75) is 25.0 Å². The molecule has 3 aromatic rings. The van der Waals surface area contributed by atoms with E-state index in [1.54, 1.807) is 59.6 Å². The highest BCUT2D eigenvalue weighted by atomic mass is 35.5. The minimum absolute atomic E-state index is 0.154. The fraction of sp³-hybridized carbons (Fsp3) is 0.259. The number of benzene rings is 1. The van der Waals surface area contributed by atoms with Gasteiger partial charge in [-0.25, -0.2) is 0 Å². The Balaban J connectivity index is 1.32. The van der Waals surface area contributed by atoms with Gasteiger partial charge in [0.15, 0.2) is 5.15 Å². The van der Waals surface area contributed by atoms with Crippen LogP contribution in [-0.2, 0) is 20.8 Å². The highest BCUT2D eigenvalue weighted by molar-refractivity contribution is 6.30. The monoisotopic (exact) mass is 568 g/mol. The van der Waals surface area contributed by atoms with Gasteiger partial charge in [-0.05, 0) is 35.9 Å². The number of likely N-dealkylation sites (tertiary alicyclic amines) is 1. The number of carbonyl (C=O) groups excluding carboxylic acids is 3. The first-order chi connectivity index (χ1) is 18.9. The van der Waals surface area contributed by atoms with Crippen molar-refractivity contribution in [1.29, 1.82) is 0 Å². The lowest BCUT2D eigenvalue weighted by Gasteiger charge is -2.20. The first kappa shape index (κ1) is 28.0. The molecule has 1 fully saturated rings. The highest BCUT2D eigenvalue weighted by Crippen LogP contribution is 2.17. The Bertz CT molecular complexity index is 1320. The van der Waals surface area contributed by atoms with Gasteiger partial charge in [-0.15, -0.1) is 0 Å². The second-order valence-electron chi connectivity index (χ2n) is 8.74. The number of nitrogens with zero attached hydrogens (tertiary/aromatic N) is 4. The summed E-state index contributed by atoms with van der Waals surface area (Å²) in [5, 5.41) is 6.16. The molecule has 0 radical (unpaired) electrons. The third-order valence-electron chi connectivity index (χ3n) is 5.85. The number of hydrogen-bond acceptors (Lipinski definition) is 7. The van der Waals surface area contributed by atoms with Crippen molar-refractivity contribution in [3.8, 4) is 5.88 Å². The molecule has 0 bridgehead atoms. The van der Waals surface area contributed by atoms with Crippen LogP contribution in [0.15, 0.2) is 67.1 Å². The summed E-state index contributed by atoms with van der Waals surface area (Å²) in [5.41, 5.74) is 1.40. The number of aromatic nitrogens is 3. The number of pyridine rings is 1. The minimum atomic E-state index is -0.939. The zero-order chi connectivity index (χ0) is 27.6. The van der Waals surface area contributed by atoms with Crippen LogP contribution in [0.3, 0.4) is 0 Å². The SMILES string of the molecule is O=C(/C=C/c1ccc(Cl)cc1)N[C@@H](Cc1ccccn1)C(=O)NCC(=O)N1CC[C@@H](Oc2cncc(Cl)n2)C1. The number of ether oxygens (including phenoxy) is 1. The van der Waals surface area contributed by atoms with Crippen LogP contribution in [0, 0.1) is 0 Å². The smallest absolute Gasteiger partial charge is 0.244 e. The van der Waals surface area contributed by atoms with E-state index in [-0.39, 0.29) is 36.0 Å². The number of amides is 3. The second-order valence-corrected chi connectivity index (χ2v) is 9.56. The van der Waals surface area contributed by atoms with Crippen molar-refractivity contribution in [2.75, 3.05) is 19.6 Å². The molecule has 3 heterocycles. The lowest BCUT2D eigenvalue weighted by molar-refractivity contribution is -0.133. The van der Waals surface area contributed by atoms with Gasteiger partial charge in [0.2, 0.25) is 23.6 Å². The van der Waals surface area contributed by atoms with Crippen molar-refractivity contribution in [3.05, 3.63) is 88.6 Å². The number of nitrogens with one attached hydrogen (secondary N) is 2. The molecule has 1 aromatic carbocycles. The van der Waals surface area contributed by atoms with E-state index in [1.807, 2.05) is 0 Å². The molecule has 2 atom stereocenters. The maximum Gasteiger partial charge on any atom is 0.244 e. The van der Waals surface area contributed by atoms with E-state index in [2.05, 4.69) is 25.6 Å². The third kappa shape index (κ3) is 8.76. The summed E-state index contributed by atoms with van der Waals surface area (Å²) in [7, 11) is 0. The summed E-state index contributed by atoms with van der Waals surface area (Å²) in [4.78, 5) is 52.3. The Labute approximate surface area is 235 Å². The average Bonchev–Trinajstić information content (AvgIpc) is 3.40. The van der Waals surface area contributed by atoms with Crippen LogP contribution >= 0.6 is 23.2 Å². The number of rotatable bonds is 10. The molecule has 10 nitrogen and oxygen atoms in total. The first-order valence-electron chi connectivity index (χ1n) is 12.2. The molecule has 1 saturated heterocycles. The van der Waals surface area contributed by atoms with Crippen molar-refractivity contribution in [1.82, 2.24) is 30.5 Å². The van der Waals surface area contributed by atoms with Gasteiger partial charge in [0, 0.05) is 42.4 Å². The van der Waals surface area contributed by atoms with Gasteiger partial charge in [0.25, 0.3) is 0 Å². The number of halogens is 2. The molecule has 3 amide bonds. The molecule has 0 spiro atoms. The fourth-order valence-electron chi connectivity index (χ4n) is 3.90. The molecule has 2 N–H and O–H groups in total. The van der Waals surface area contributed by atoms with E-state index >= 15 is 0 Å². The maximum atomic E-state index is 13.0. The minimum Gasteiger partial charge on any atom is -0.471 e. The van der Waals surface area contributed by atoms with Crippen molar-refractivity contribution in [2.24, 2.45) is 0 Å². The first-order valence-corrected chi connectivity index (χ1v) is 12.9. The normalized spacial score (nSPS) is 15.6. The molecule has 1 aliphatic rings. The average molecular weight is 569 g/mol. The topological polar surface area (TPSA) is 126 Å². The molecular formula is C27H26Cl2N6O4. The largest absolute Gasteiger partial charge is 0.471 e. The van der Waals surface area contributed by atoms with Crippen molar-refractivity contribution >= 4 is 47.0 Å². The molecule has 12 heteroatoms. The fourth-order valence-corrected chi connectivity index (χ4v) is 4.17. The van der Waals surface area contributed by atoms with Gasteiger partial charge >= 0.3 is 0 Å². The molecule has 39 heavy (non-hydrogen) atoms. The van der Waals surface area contributed by atoms with Crippen LogP contribution in [0.2, 0.25) is 10.2 Å². The Morgan fingerprint density at radius 3 is 2.69 bits per heavy atom. The summed E-state index contributed by atoms with van der Waals surface area (Å²) in [5.74, 6) is -0.940.